The Morgan fingerprint density at radius 1 is 1.25 bits per heavy atom. The molecule has 0 aromatic heterocycles. The fourth-order valence-corrected chi connectivity index (χ4v) is 1.91. The van der Waals surface area contributed by atoms with E-state index in [9.17, 15) is 18.0 Å². The normalized spacial score (nSPS) is 11.7. The number of carbonyl (C=O) groups is 1. The summed E-state index contributed by atoms with van der Waals surface area (Å²) in [5.41, 5.74) is 1.12. The molecule has 0 fully saturated rings. The Hall–Kier alpha value is -1.56. The molecule has 0 spiro atoms. The molecule has 0 atom stereocenters. The number of methoxy groups -OCH3 is 1. The minimum absolute atomic E-state index is 0.203. The molecule has 0 amide bonds. The van der Waals surface area contributed by atoms with Gasteiger partial charge in [-0.2, -0.15) is 13.2 Å². The lowest BCUT2D eigenvalue weighted by Crippen LogP contribution is -2.34. The molecule has 0 aliphatic heterocycles. The van der Waals surface area contributed by atoms with Crippen LogP contribution in [-0.2, 0) is 11.3 Å². The zero-order chi connectivity index (χ0) is 15.2. The van der Waals surface area contributed by atoms with Crippen molar-refractivity contribution in [1.82, 2.24) is 4.90 Å². The summed E-state index contributed by atoms with van der Waals surface area (Å²) in [5.74, 6) is -0.461. The highest BCUT2D eigenvalue weighted by Gasteiger charge is 2.30. The molecule has 1 aromatic carbocycles. The van der Waals surface area contributed by atoms with Crippen LogP contribution in [0, 0.1) is 0 Å². The number of carbonyl (C=O) groups excluding carboxylic acids is 1. The maximum atomic E-state index is 12.4. The van der Waals surface area contributed by atoms with E-state index in [1.165, 1.54) is 12.0 Å². The summed E-state index contributed by atoms with van der Waals surface area (Å²) in [5, 5.41) is 0. The van der Waals surface area contributed by atoms with Crippen LogP contribution in [0.3, 0.4) is 0 Å². The Bertz CT molecular complexity index is 429. The lowest BCUT2D eigenvalue weighted by atomic mass is 10.1. The fourth-order valence-electron chi connectivity index (χ4n) is 1.91. The van der Waals surface area contributed by atoms with Crippen LogP contribution in [-0.4, -0.2) is 37.2 Å². The van der Waals surface area contributed by atoms with Crippen molar-refractivity contribution in [3.05, 3.63) is 35.4 Å². The average molecular weight is 289 g/mol. The molecule has 0 N–H and O–H groups in total. The molecule has 0 aliphatic carbocycles. The predicted molar refractivity (Wildman–Crippen MR) is 69.4 cm³/mol. The topological polar surface area (TPSA) is 29.5 Å². The van der Waals surface area contributed by atoms with E-state index in [-0.39, 0.29) is 6.54 Å². The van der Waals surface area contributed by atoms with Gasteiger partial charge in [-0.3, -0.25) is 4.90 Å². The van der Waals surface area contributed by atoms with Crippen LogP contribution in [0.1, 0.15) is 29.3 Å². The number of rotatable bonds is 6. The average Bonchev–Trinajstić information content (AvgIpc) is 2.37. The third kappa shape index (κ3) is 5.61. The van der Waals surface area contributed by atoms with Gasteiger partial charge in [0.1, 0.15) is 0 Å². The van der Waals surface area contributed by atoms with E-state index in [0.29, 0.717) is 18.5 Å². The largest absolute Gasteiger partial charge is 0.465 e. The first-order valence-electron chi connectivity index (χ1n) is 6.32. The highest BCUT2D eigenvalue weighted by molar-refractivity contribution is 5.89. The zero-order valence-corrected chi connectivity index (χ0v) is 11.5. The molecule has 0 radical (unpaired) electrons. The lowest BCUT2D eigenvalue weighted by molar-refractivity contribution is -0.147. The van der Waals surface area contributed by atoms with Crippen LogP contribution in [0.2, 0.25) is 0 Å². The van der Waals surface area contributed by atoms with Crippen LogP contribution in [0.25, 0.3) is 0 Å². The first-order chi connectivity index (χ1) is 9.35. The molecule has 0 bridgehead atoms. The number of hydrogen-bond donors (Lipinski definition) is 0. The maximum Gasteiger partial charge on any atom is 0.401 e. The second-order valence-electron chi connectivity index (χ2n) is 4.51. The van der Waals surface area contributed by atoms with Gasteiger partial charge in [-0.25, -0.2) is 4.79 Å². The molecule has 0 saturated carbocycles. The molecule has 3 nitrogen and oxygen atoms in total. The summed E-state index contributed by atoms with van der Waals surface area (Å²) < 4.78 is 41.9. The van der Waals surface area contributed by atoms with Crippen molar-refractivity contribution in [2.24, 2.45) is 0 Å². The van der Waals surface area contributed by atoms with Gasteiger partial charge in [0, 0.05) is 6.54 Å². The number of benzene rings is 1. The van der Waals surface area contributed by atoms with Crippen molar-refractivity contribution in [2.75, 3.05) is 20.2 Å². The van der Waals surface area contributed by atoms with E-state index < -0.39 is 18.7 Å². The minimum atomic E-state index is -4.21. The number of halogens is 3. The van der Waals surface area contributed by atoms with Gasteiger partial charge >= 0.3 is 12.1 Å². The highest BCUT2D eigenvalue weighted by atomic mass is 19.4. The van der Waals surface area contributed by atoms with Gasteiger partial charge in [0.2, 0.25) is 0 Å². The van der Waals surface area contributed by atoms with Gasteiger partial charge in [0.15, 0.2) is 0 Å². The van der Waals surface area contributed by atoms with Gasteiger partial charge in [-0.1, -0.05) is 19.1 Å². The van der Waals surface area contributed by atoms with Gasteiger partial charge in [0.05, 0.1) is 19.2 Å². The van der Waals surface area contributed by atoms with Crippen molar-refractivity contribution in [2.45, 2.75) is 26.1 Å². The SMILES string of the molecule is CCCN(Cc1ccc(C(=O)OC)cc1)CC(F)(F)F. The number of nitrogens with zero attached hydrogens (tertiary/aromatic N) is 1. The van der Waals surface area contributed by atoms with Crippen LogP contribution in [0.15, 0.2) is 24.3 Å². The van der Waals surface area contributed by atoms with Crippen LogP contribution >= 0.6 is 0 Å². The Kier molecular flexibility index (Phi) is 6.01. The summed E-state index contributed by atoms with van der Waals surface area (Å²) >= 11 is 0. The van der Waals surface area contributed by atoms with Gasteiger partial charge in [-0.15, -0.1) is 0 Å². The molecular weight excluding hydrogens is 271 g/mol. The van der Waals surface area contributed by atoms with E-state index in [4.69, 9.17) is 0 Å². The van der Waals surface area contributed by atoms with Crippen LogP contribution < -0.4 is 0 Å². The first kappa shape index (κ1) is 16.5. The predicted octanol–water partition coefficient (Wildman–Crippen LogP) is 3.25. The highest BCUT2D eigenvalue weighted by Crippen LogP contribution is 2.18. The van der Waals surface area contributed by atoms with Gasteiger partial charge in [-0.05, 0) is 30.7 Å². The maximum absolute atomic E-state index is 12.4. The quantitative estimate of drug-likeness (QED) is 0.753. The molecule has 1 aromatic rings. The fraction of sp³-hybridized carbons (Fsp3) is 0.500. The summed E-state index contributed by atoms with van der Waals surface area (Å²) in [6.07, 6.45) is -3.56. The summed E-state index contributed by atoms with van der Waals surface area (Å²) in [6.45, 7) is 1.48. The van der Waals surface area contributed by atoms with E-state index in [1.54, 1.807) is 24.3 Å². The van der Waals surface area contributed by atoms with Crippen molar-refractivity contribution in [3.8, 4) is 0 Å². The monoisotopic (exact) mass is 289 g/mol. The first-order valence-corrected chi connectivity index (χ1v) is 6.32. The second-order valence-corrected chi connectivity index (χ2v) is 4.51. The summed E-state index contributed by atoms with van der Waals surface area (Å²) in [7, 11) is 1.28. The molecule has 0 aliphatic rings. The third-order valence-electron chi connectivity index (χ3n) is 2.72. The molecule has 1 rings (SSSR count). The molecular formula is C14H18F3NO2. The van der Waals surface area contributed by atoms with E-state index in [0.717, 1.165) is 5.56 Å². The minimum Gasteiger partial charge on any atom is -0.465 e. The molecule has 6 heteroatoms. The van der Waals surface area contributed by atoms with Gasteiger partial charge in [0.25, 0.3) is 0 Å². The van der Waals surface area contributed by atoms with E-state index in [1.807, 2.05) is 6.92 Å². The standard InChI is InChI=1S/C14H18F3NO2/c1-3-8-18(10-14(15,16)17)9-11-4-6-12(7-5-11)13(19)20-2/h4-7H,3,8-10H2,1-2H3. The molecule has 20 heavy (non-hydrogen) atoms. The van der Waals surface area contributed by atoms with Crippen LogP contribution in [0.4, 0.5) is 13.2 Å². The van der Waals surface area contributed by atoms with E-state index >= 15 is 0 Å². The molecule has 0 unspecified atom stereocenters. The number of alkyl halides is 3. The number of ether oxygens (including phenoxy) is 1. The van der Waals surface area contributed by atoms with Crippen molar-refractivity contribution in [3.63, 3.8) is 0 Å². The Labute approximate surface area is 116 Å². The van der Waals surface area contributed by atoms with Crippen molar-refractivity contribution < 1.29 is 22.7 Å². The summed E-state index contributed by atoms with van der Waals surface area (Å²) in [6, 6.07) is 6.40. The van der Waals surface area contributed by atoms with Gasteiger partial charge < -0.3 is 4.74 Å². The lowest BCUT2D eigenvalue weighted by Gasteiger charge is -2.23. The number of hydrogen-bond acceptors (Lipinski definition) is 3. The molecule has 112 valence electrons. The Morgan fingerprint density at radius 3 is 2.30 bits per heavy atom. The van der Waals surface area contributed by atoms with Crippen molar-refractivity contribution >= 4 is 5.97 Å². The van der Waals surface area contributed by atoms with E-state index in [2.05, 4.69) is 4.74 Å². The van der Waals surface area contributed by atoms with Crippen LogP contribution in [0.5, 0.6) is 0 Å². The molecule has 0 saturated heterocycles. The Balaban J connectivity index is 2.71. The third-order valence-corrected chi connectivity index (χ3v) is 2.72. The summed E-state index contributed by atoms with van der Waals surface area (Å²) in [4.78, 5) is 12.6. The second kappa shape index (κ2) is 7.28. The smallest absolute Gasteiger partial charge is 0.401 e. The zero-order valence-electron chi connectivity index (χ0n) is 11.5. The number of esters is 1. The Morgan fingerprint density at radius 2 is 1.85 bits per heavy atom. The molecule has 0 heterocycles. The van der Waals surface area contributed by atoms with Crippen molar-refractivity contribution in [1.29, 1.82) is 0 Å².